The molecule has 0 saturated heterocycles. The van der Waals surface area contributed by atoms with Gasteiger partial charge in [0.1, 0.15) is 35.3 Å². The number of phenols is 1. The van der Waals surface area contributed by atoms with E-state index in [1.165, 1.54) is 13.2 Å². The van der Waals surface area contributed by atoms with Crippen molar-refractivity contribution >= 4 is 35.0 Å². The number of hydrogen-bond donors (Lipinski definition) is 5. The summed E-state index contributed by atoms with van der Waals surface area (Å²) >= 11 is 0. The molecule has 1 aromatic heterocycles. The molecule has 11 heteroatoms. The molecule has 3 aliphatic carbocycles. The van der Waals surface area contributed by atoms with Crippen molar-refractivity contribution < 1.29 is 39.2 Å². The van der Waals surface area contributed by atoms with Gasteiger partial charge in [-0.15, -0.1) is 0 Å². The summed E-state index contributed by atoms with van der Waals surface area (Å²) in [6.07, 6.45) is 2.00. The largest absolute Gasteiger partial charge is 0.511 e. The summed E-state index contributed by atoms with van der Waals surface area (Å²) in [5.41, 5.74) is 6.75. The Kier molecular flexibility index (Phi) is 6.23. The third kappa shape index (κ3) is 4.01. The molecule has 0 bridgehead atoms. The number of Topliss-reactive ketones (excluding diaryl/α,β-unsaturated/α-hetero) is 2. The fourth-order valence-electron chi connectivity index (χ4n) is 5.85. The number of ether oxygens (including phenoxy) is 1. The standard InChI is InChI=1S/C27H25N3O8/c1-38-10-19(33)30-18-5-2-11(9-29-18)14-3-4-16(31)22-15(14)7-12-6-13-8-17(32)23(27(28)37)26(36)21(13)24(34)20(12)25(22)35/h2-5,9,12-13,21,31,35-36H,6-8,10H2,1H3,(H2,28,37)(H,29,30,33). The summed E-state index contributed by atoms with van der Waals surface area (Å²) in [5, 5.41) is 35.2. The van der Waals surface area contributed by atoms with Gasteiger partial charge in [-0.25, -0.2) is 4.98 Å². The number of anilines is 1. The van der Waals surface area contributed by atoms with Gasteiger partial charge in [-0.05, 0) is 54.0 Å². The second-order valence-electron chi connectivity index (χ2n) is 9.65. The van der Waals surface area contributed by atoms with Gasteiger partial charge in [-0.1, -0.05) is 6.07 Å². The van der Waals surface area contributed by atoms with E-state index >= 15 is 0 Å². The topological polar surface area (TPSA) is 189 Å². The zero-order chi connectivity index (χ0) is 27.3. The highest BCUT2D eigenvalue weighted by molar-refractivity contribution is 6.21. The minimum absolute atomic E-state index is 0.0465. The van der Waals surface area contributed by atoms with Crippen molar-refractivity contribution in [3.63, 3.8) is 0 Å². The lowest BCUT2D eigenvalue weighted by molar-refractivity contribution is -0.127. The van der Waals surface area contributed by atoms with Crippen LogP contribution in [0.5, 0.6) is 5.75 Å². The molecule has 1 fully saturated rings. The highest BCUT2D eigenvalue weighted by Crippen LogP contribution is 2.51. The van der Waals surface area contributed by atoms with Gasteiger partial charge in [0.25, 0.3) is 11.8 Å². The lowest BCUT2D eigenvalue weighted by Gasteiger charge is -2.41. The van der Waals surface area contributed by atoms with Crippen LogP contribution in [0.1, 0.15) is 24.0 Å². The molecule has 2 amide bonds. The van der Waals surface area contributed by atoms with Crippen LogP contribution in [0, 0.1) is 17.8 Å². The van der Waals surface area contributed by atoms with Gasteiger partial charge in [0.15, 0.2) is 11.6 Å². The number of nitrogens with one attached hydrogen (secondary N) is 1. The van der Waals surface area contributed by atoms with E-state index in [4.69, 9.17) is 10.5 Å². The van der Waals surface area contributed by atoms with Crippen molar-refractivity contribution in [2.75, 3.05) is 19.0 Å². The third-order valence-corrected chi connectivity index (χ3v) is 7.39. The number of ketones is 2. The van der Waals surface area contributed by atoms with Crippen LogP contribution in [0.2, 0.25) is 0 Å². The Balaban J connectivity index is 1.55. The van der Waals surface area contributed by atoms with Crippen LogP contribution in [0.15, 0.2) is 47.4 Å². The average Bonchev–Trinajstić information content (AvgIpc) is 2.84. The summed E-state index contributed by atoms with van der Waals surface area (Å²) in [7, 11) is 1.41. The van der Waals surface area contributed by atoms with Crippen LogP contribution in [0.25, 0.3) is 16.9 Å². The van der Waals surface area contributed by atoms with Crippen molar-refractivity contribution in [2.24, 2.45) is 23.5 Å². The zero-order valence-electron chi connectivity index (χ0n) is 20.4. The molecule has 1 aromatic carbocycles. The second-order valence-corrected chi connectivity index (χ2v) is 9.65. The molecular formula is C27H25N3O8. The Morgan fingerprint density at radius 2 is 1.89 bits per heavy atom. The summed E-state index contributed by atoms with van der Waals surface area (Å²) in [5.74, 6) is -5.84. The van der Waals surface area contributed by atoms with E-state index in [-0.39, 0.29) is 42.2 Å². The molecule has 1 saturated carbocycles. The van der Waals surface area contributed by atoms with Crippen LogP contribution < -0.4 is 11.1 Å². The lowest BCUT2D eigenvalue weighted by atomic mass is 9.61. The van der Waals surface area contributed by atoms with Gasteiger partial charge >= 0.3 is 0 Å². The Morgan fingerprint density at radius 3 is 2.55 bits per heavy atom. The Hall–Kier alpha value is -4.51. The number of aliphatic hydroxyl groups is 2. The second kappa shape index (κ2) is 9.42. The van der Waals surface area contributed by atoms with Gasteiger partial charge in [-0.2, -0.15) is 0 Å². The molecule has 0 aliphatic heterocycles. The molecule has 3 unspecified atom stereocenters. The Bertz CT molecular complexity index is 1460. The molecular weight excluding hydrogens is 494 g/mol. The molecule has 0 radical (unpaired) electrons. The summed E-state index contributed by atoms with van der Waals surface area (Å²) in [6.45, 7) is -0.117. The van der Waals surface area contributed by atoms with Crippen molar-refractivity contribution in [1.82, 2.24) is 4.98 Å². The lowest BCUT2D eigenvalue weighted by Crippen LogP contribution is -2.44. The molecule has 2 aromatic rings. The van der Waals surface area contributed by atoms with Crippen molar-refractivity contribution in [3.05, 3.63) is 58.5 Å². The van der Waals surface area contributed by atoms with E-state index < -0.39 is 52.3 Å². The number of phenolic OH excluding ortho intramolecular Hbond substituents is 1. The summed E-state index contributed by atoms with van der Waals surface area (Å²) < 4.78 is 4.79. The third-order valence-electron chi connectivity index (χ3n) is 7.39. The quantitative estimate of drug-likeness (QED) is 0.368. The van der Waals surface area contributed by atoms with Gasteiger partial charge in [0.2, 0.25) is 0 Å². The monoisotopic (exact) mass is 519 g/mol. The minimum atomic E-state index is -1.17. The van der Waals surface area contributed by atoms with Gasteiger partial charge in [-0.3, -0.25) is 19.2 Å². The summed E-state index contributed by atoms with van der Waals surface area (Å²) in [6, 6.07) is 6.42. The molecule has 196 valence electrons. The molecule has 11 nitrogen and oxygen atoms in total. The van der Waals surface area contributed by atoms with Gasteiger partial charge in [0, 0.05) is 30.9 Å². The number of carbonyl (C=O) groups excluding carboxylic acids is 4. The van der Waals surface area contributed by atoms with E-state index in [1.807, 2.05) is 0 Å². The number of methoxy groups -OCH3 is 1. The van der Waals surface area contributed by atoms with Gasteiger partial charge in [0.05, 0.1) is 11.5 Å². The van der Waals surface area contributed by atoms with Crippen molar-refractivity contribution in [2.45, 2.75) is 19.3 Å². The fraction of sp³-hybridized carbons (Fsp3) is 0.296. The summed E-state index contributed by atoms with van der Waals surface area (Å²) in [4.78, 5) is 53.8. The van der Waals surface area contributed by atoms with Gasteiger partial charge < -0.3 is 31.1 Å². The number of pyridine rings is 1. The number of aromatic nitrogens is 1. The first kappa shape index (κ1) is 25.2. The molecule has 38 heavy (non-hydrogen) atoms. The minimum Gasteiger partial charge on any atom is -0.511 e. The molecule has 5 rings (SSSR count). The number of nitrogens with two attached hydrogens (primary N) is 1. The average molecular weight is 520 g/mol. The van der Waals surface area contributed by atoms with E-state index in [1.54, 1.807) is 24.4 Å². The first-order valence-corrected chi connectivity index (χ1v) is 12.0. The highest BCUT2D eigenvalue weighted by Gasteiger charge is 2.51. The zero-order valence-corrected chi connectivity index (χ0v) is 20.4. The maximum Gasteiger partial charge on any atom is 0.255 e. The smallest absolute Gasteiger partial charge is 0.255 e. The molecule has 1 heterocycles. The number of aromatic hydroxyl groups is 1. The van der Waals surface area contributed by atoms with Crippen LogP contribution in [-0.2, 0) is 30.3 Å². The molecule has 6 N–H and O–H groups in total. The van der Waals surface area contributed by atoms with E-state index in [0.717, 1.165) is 0 Å². The number of nitrogens with zero attached hydrogens (tertiary/aromatic N) is 1. The first-order valence-electron chi connectivity index (χ1n) is 12.0. The number of primary amides is 1. The number of allylic oxidation sites excluding steroid dienone is 2. The Labute approximate surface area is 216 Å². The SMILES string of the molecule is COCC(=O)Nc1ccc(-c2ccc(O)c3c2CC2CC4CC(=O)C(C(N)=O)=C(O)C4C(=O)C2=C3O)cn1. The fourth-order valence-corrected chi connectivity index (χ4v) is 5.85. The van der Waals surface area contributed by atoms with Crippen LogP contribution in [0.3, 0.4) is 0 Å². The molecule has 3 aliphatic rings. The number of rotatable bonds is 5. The first-order chi connectivity index (χ1) is 18.1. The number of hydrogen-bond acceptors (Lipinski definition) is 9. The maximum absolute atomic E-state index is 13.5. The van der Waals surface area contributed by atoms with E-state index in [0.29, 0.717) is 28.9 Å². The van der Waals surface area contributed by atoms with Crippen LogP contribution >= 0.6 is 0 Å². The maximum atomic E-state index is 13.5. The molecule has 0 spiro atoms. The number of aliphatic hydroxyl groups excluding tert-OH is 2. The number of benzene rings is 1. The van der Waals surface area contributed by atoms with Crippen LogP contribution in [0.4, 0.5) is 5.82 Å². The predicted molar refractivity (Wildman–Crippen MR) is 134 cm³/mol. The molecule has 3 atom stereocenters. The van der Waals surface area contributed by atoms with E-state index in [2.05, 4.69) is 10.3 Å². The number of amides is 2. The number of fused-ring (bicyclic) bond motifs is 3. The van der Waals surface area contributed by atoms with Crippen LogP contribution in [-0.4, -0.2) is 57.4 Å². The Morgan fingerprint density at radius 1 is 1.13 bits per heavy atom. The highest BCUT2D eigenvalue weighted by atomic mass is 16.5. The predicted octanol–water partition coefficient (Wildman–Crippen LogP) is 1.96. The van der Waals surface area contributed by atoms with Crippen molar-refractivity contribution in [1.29, 1.82) is 0 Å². The normalized spacial score (nSPS) is 22.5. The van der Waals surface area contributed by atoms with Crippen molar-refractivity contribution in [3.8, 4) is 16.9 Å². The number of carbonyl (C=O) groups is 4. The van der Waals surface area contributed by atoms with E-state index in [9.17, 15) is 34.5 Å².